The Balaban J connectivity index is 1.91. The second kappa shape index (κ2) is 5.41. The molecule has 0 spiro atoms. The van der Waals surface area contributed by atoms with Crippen molar-refractivity contribution in [2.45, 2.75) is 51.6 Å². The fourth-order valence-electron chi connectivity index (χ4n) is 2.03. The summed E-state index contributed by atoms with van der Waals surface area (Å²) in [6, 6.07) is 0.340. The highest BCUT2D eigenvalue weighted by Gasteiger charge is 2.25. The molecule has 1 aliphatic rings. The molecule has 1 unspecified atom stereocenters. The summed E-state index contributed by atoms with van der Waals surface area (Å²) in [6.07, 6.45) is 7.48. The first-order valence-corrected chi connectivity index (χ1v) is 6.16. The van der Waals surface area contributed by atoms with Gasteiger partial charge in [0.2, 0.25) is 0 Å². The molecule has 1 saturated carbocycles. The van der Waals surface area contributed by atoms with Crippen molar-refractivity contribution in [1.82, 2.24) is 20.2 Å². The number of aromatic nitrogens is 3. The molecule has 1 aromatic heterocycles. The molecule has 5 heteroatoms. The third-order valence-corrected chi connectivity index (χ3v) is 3.11. The van der Waals surface area contributed by atoms with E-state index in [2.05, 4.69) is 22.4 Å². The van der Waals surface area contributed by atoms with E-state index in [1.807, 2.05) is 4.68 Å². The van der Waals surface area contributed by atoms with E-state index in [9.17, 15) is 0 Å². The minimum absolute atomic E-state index is 0.340. The van der Waals surface area contributed by atoms with E-state index in [0.717, 1.165) is 37.5 Å². The number of aryl methyl sites for hydroxylation is 1. The van der Waals surface area contributed by atoms with Gasteiger partial charge in [-0.1, -0.05) is 19.8 Å². The molecule has 1 atom stereocenters. The molecular formula is C11H21N5. The summed E-state index contributed by atoms with van der Waals surface area (Å²) in [5.74, 6) is 7.51. The van der Waals surface area contributed by atoms with Crippen LogP contribution in [0.1, 0.15) is 38.4 Å². The van der Waals surface area contributed by atoms with Crippen molar-refractivity contribution in [1.29, 1.82) is 0 Å². The second-order valence-electron chi connectivity index (χ2n) is 4.65. The Bertz CT molecular complexity index is 318. The van der Waals surface area contributed by atoms with Gasteiger partial charge in [-0.2, -0.15) is 5.10 Å². The number of nitrogens with zero attached hydrogens (tertiary/aromatic N) is 3. The Morgan fingerprint density at radius 2 is 2.44 bits per heavy atom. The maximum atomic E-state index is 5.58. The average molecular weight is 223 g/mol. The zero-order valence-electron chi connectivity index (χ0n) is 9.89. The topological polar surface area (TPSA) is 68.8 Å². The predicted molar refractivity (Wildman–Crippen MR) is 62.5 cm³/mol. The van der Waals surface area contributed by atoms with Crippen LogP contribution in [-0.4, -0.2) is 20.8 Å². The molecule has 3 N–H and O–H groups in total. The van der Waals surface area contributed by atoms with Crippen molar-refractivity contribution in [3.8, 4) is 0 Å². The van der Waals surface area contributed by atoms with Crippen molar-refractivity contribution < 1.29 is 0 Å². The molecule has 90 valence electrons. The molecule has 1 fully saturated rings. The van der Waals surface area contributed by atoms with E-state index in [-0.39, 0.29) is 0 Å². The second-order valence-corrected chi connectivity index (χ2v) is 4.65. The summed E-state index contributed by atoms with van der Waals surface area (Å²) in [6.45, 7) is 3.09. The first kappa shape index (κ1) is 11.5. The summed E-state index contributed by atoms with van der Waals surface area (Å²) in [7, 11) is 0. The lowest BCUT2D eigenvalue weighted by molar-refractivity contribution is 0.442. The van der Waals surface area contributed by atoms with Crippen LogP contribution in [0.4, 0.5) is 0 Å². The summed E-state index contributed by atoms with van der Waals surface area (Å²) in [5, 5.41) is 4.23. The molecule has 0 amide bonds. The lowest BCUT2D eigenvalue weighted by Gasteiger charge is -2.15. The minimum atomic E-state index is 0.340. The molecule has 5 nitrogen and oxygen atoms in total. The van der Waals surface area contributed by atoms with Crippen LogP contribution in [0, 0.1) is 5.92 Å². The molecule has 0 aliphatic heterocycles. The highest BCUT2D eigenvalue weighted by atomic mass is 15.3. The maximum Gasteiger partial charge on any atom is 0.138 e. The largest absolute Gasteiger partial charge is 0.271 e. The Hall–Kier alpha value is -0.940. The minimum Gasteiger partial charge on any atom is -0.271 e. The van der Waals surface area contributed by atoms with Crippen molar-refractivity contribution >= 4 is 0 Å². The van der Waals surface area contributed by atoms with E-state index in [4.69, 9.17) is 5.84 Å². The van der Waals surface area contributed by atoms with Gasteiger partial charge in [0.25, 0.3) is 0 Å². The van der Waals surface area contributed by atoms with Crippen LogP contribution < -0.4 is 11.3 Å². The van der Waals surface area contributed by atoms with Gasteiger partial charge in [-0.05, 0) is 18.8 Å². The lowest BCUT2D eigenvalue weighted by Crippen LogP contribution is -2.37. The first-order valence-electron chi connectivity index (χ1n) is 6.16. The van der Waals surface area contributed by atoms with Crippen LogP contribution in [-0.2, 0) is 13.0 Å². The number of rotatable bonds is 7. The monoisotopic (exact) mass is 223 g/mol. The number of hydrogen-bond acceptors (Lipinski definition) is 4. The molecule has 2 rings (SSSR count). The number of nitrogens with one attached hydrogen (secondary N) is 1. The molecule has 1 aromatic rings. The van der Waals surface area contributed by atoms with E-state index < -0.39 is 0 Å². The van der Waals surface area contributed by atoms with Gasteiger partial charge in [-0.3, -0.25) is 16.0 Å². The van der Waals surface area contributed by atoms with Crippen LogP contribution in [0.5, 0.6) is 0 Å². The summed E-state index contributed by atoms with van der Waals surface area (Å²) < 4.78 is 1.98. The van der Waals surface area contributed by atoms with E-state index in [1.165, 1.54) is 12.8 Å². The molecule has 1 heterocycles. The lowest BCUT2D eigenvalue weighted by atomic mass is 10.1. The predicted octanol–water partition coefficient (Wildman–Crippen LogP) is 0.863. The Kier molecular flexibility index (Phi) is 3.90. The van der Waals surface area contributed by atoms with Gasteiger partial charge in [0.15, 0.2) is 0 Å². The zero-order valence-corrected chi connectivity index (χ0v) is 9.89. The molecule has 16 heavy (non-hydrogen) atoms. The van der Waals surface area contributed by atoms with Crippen molar-refractivity contribution in [2.24, 2.45) is 11.8 Å². The maximum absolute atomic E-state index is 5.58. The average Bonchev–Trinajstić information content (AvgIpc) is 3.00. The van der Waals surface area contributed by atoms with Crippen LogP contribution in [0.3, 0.4) is 0 Å². The number of hydrogen-bond donors (Lipinski definition) is 2. The summed E-state index contributed by atoms with van der Waals surface area (Å²) in [4.78, 5) is 4.31. The highest BCUT2D eigenvalue weighted by Crippen LogP contribution is 2.33. The van der Waals surface area contributed by atoms with E-state index in [1.54, 1.807) is 6.33 Å². The Morgan fingerprint density at radius 3 is 3.06 bits per heavy atom. The molecule has 0 saturated heterocycles. The number of nitrogens with two attached hydrogens (primary N) is 1. The van der Waals surface area contributed by atoms with Gasteiger partial charge < -0.3 is 0 Å². The van der Waals surface area contributed by atoms with Gasteiger partial charge in [-0.15, -0.1) is 0 Å². The van der Waals surface area contributed by atoms with Crippen LogP contribution in [0.15, 0.2) is 6.33 Å². The third kappa shape index (κ3) is 3.02. The van der Waals surface area contributed by atoms with Gasteiger partial charge in [-0.25, -0.2) is 4.98 Å². The van der Waals surface area contributed by atoms with Gasteiger partial charge in [0, 0.05) is 19.0 Å². The summed E-state index contributed by atoms with van der Waals surface area (Å²) >= 11 is 0. The van der Waals surface area contributed by atoms with Crippen LogP contribution >= 0.6 is 0 Å². The Morgan fingerprint density at radius 1 is 1.62 bits per heavy atom. The zero-order chi connectivity index (χ0) is 11.4. The van der Waals surface area contributed by atoms with Crippen molar-refractivity contribution in [3.63, 3.8) is 0 Å². The smallest absolute Gasteiger partial charge is 0.138 e. The van der Waals surface area contributed by atoms with Gasteiger partial charge in [0.05, 0.1) is 0 Å². The first-order chi connectivity index (χ1) is 7.83. The standard InChI is InChI=1S/C11H21N5/c1-2-5-16-11(13-8-14-16)7-10(15-12)6-9-3-4-9/h8-10,15H,2-7,12H2,1H3. The normalized spacial score (nSPS) is 17.6. The van der Waals surface area contributed by atoms with E-state index >= 15 is 0 Å². The van der Waals surface area contributed by atoms with Crippen molar-refractivity contribution in [3.05, 3.63) is 12.2 Å². The molecule has 0 radical (unpaired) electrons. The number of hydrazine groups is 1. The van der Waals surface area contributed by atoms with E-state index in [0.29, 0.717) is 6.04 Å². The Labute approximate surface area is 96.4 Å². The van der Waals surface area contributed by atoms with Crippen LogP contribution in [0.2, 0.25) is 0 Å². The SMILES string of the molecule is CCCn1ncnc1CC(CC1CC1)NN. The summed E-state index contributed by atoms with van der Waals surface area (Å²) in [5.41, 5.74) is 2.90. The highest BCUT2D eigenvalue weighted by molar-refractivity contribution is 4.91. The molecule has 1 aliphatic carbocycles. The molecule has 0 aromatic carbocycles. The fraction of sp³-hybridized carbons (Fsp3) is 0.818. The van der Waals surface area contributed by atoms with Gasteiger partial charge >= 0.3 is 0 Å². The molecule has 0 bridgehead atoms. The van der Waals surface area contributed by atoms with Gasteiger partial charge in [0.1, 0.15) is 12.2 Å². The molecular weight excluding hydrogens is 202 g/mol. The third-order valence-electron chi connectivity index (χ3n) is 3.11. The van der Waals surface area contributed by atoms with Crippen molar-refractivity contribution in [2.75, 3.05) is 0 Å². The quantitative estimate of drug-likeness (QED) is 0.531. The fourth-order valence-corrected chi connectivity index (χ4v) is 2.03. The van der Waals surface area contributed by atoms with Crippen LogP contribution in [0.25, 0.3) is 0 Å².